The van der Waals surface area contributed by atoms with Crippen molar-refractivity contribution in [1.82, 2.24) is 4.98 Å². The number of anilines is 1. The number of amides is 1. The molecule has 0 unspecified atom stereocenters. The Hall–Kier alpha value is -2.40. The van der Waals surface area contributed by atoms with Gasteiger partial charge in [0.1, 0.15) is 5.76 Å². The maximum Gasteiger partial charge on any atom is 0.236 e. The molecule has 0 spiro atoms. The van der Waals surface area contributed by atoms with E-state index >= 15 is 0 Å². The smallest absolute Gasteiger partial charge is 0.236 e. The average molecular weight is 326 g/mol. The van der Waals surface area contributed by atoms with Crippen LogP contribution in [0.5, 0.6) is 0 Å². The van der Waals surface area contributed by atoms with Gasteiger partial charge in [0.2, 0.25) is 11.8 Å². The lowest BCUT2D eigenvalue weighted by molar-refractivity contribution is -0.115. The van der Waals surface area contributed by atoms with Crippen LogP contribution in [-0.2, 0) is 11.2 Å². The molecule has 2 aromatic heterocycles. The molecule has 23 heavy (non-hydrogen) atoms. The van der Waals surface area contributed by atoms with Gasteiger partial charge in [-0.2, -0.15) is 0 Å². The highest BCUT2D eigenvalue weighted by Gasteiger charge is 2.16. The molecule has 0 saturated carbocycles. The zero-order valence-electron chi connectivity index (χ0n) is 13.3. The van der Waals surface area contributed by atoms with Gasteiger partial charge >= 0.3 is 0 Å². The number of nitrogens with zero attached hydrogens (tertiary/aromatic N) is 1. The molecule has 118 valence electrons. The Morgan fingerprint density at radius 1 is 1.17 bits per heavy atom. The van der Waals surface area contributed by atoms with Gasteiger partial charge in [-0.15, -0.1) is 11.3 Å². The first kappa shape index (κ1) is 15.5. The zero-order valence-corrected chi connectivity index (χ0v) is 14.2. The van der Waals surface area contributed by atoms with Crippen molar-refractivity contribution in [1.29, 1.82) is 0 Å². The lowest BCUT2D eigenvalue weighted by Crippen LogP contribution is -2.16. The van der Waals surface area contributed by atoms with Crippen molar-refractivity contribution in [3.8, 4) is 10.8 Å². The van der Waals surface area contributed by atoms with Gasteiger partial charge in [0.05, 0.1) is 17.0 Å². The van der Waals surface area contributed by atoms with E-state index in [9.17, 15) is 4.79 Å². The van der Waals surface area contributed by atoms with Crippen molar-refractivity contribution in [3.63, 3.8) is 0 Å². The number of hydrogen-bond donors (Lipinski definition) is 1. The average Bonchev–Trinajstić information content (AvgIpc) is 3.14. The molecule has 5 heteroatoms. The van der Waals surface area contributed by atoms with E-state index in [4.69, 9.17) is 4.42 Å². The van der Waals surface area contributed by atoms with Crippen LogP contribution in [0.1, 0.15) is 22.6 Å². The Labute approximate surface area is 139 Å². The van der Waals surface area contributed by atoms with Gasteiger partial charge in [-0.05, 0) is 43.3 Å². The molecule has 1 N–H and O–H groups in total. The second kappa shape index (κ2) is 6.38. The van der Waals surface area contributed by atoms with Crippen molar-refractivity contribution < 1.29 is 9.21 Å². The highest BCUT2D eigenvalue weighted by Crippen LogP contribution is 2.26. The molecule has 0 aliphatic heterocycles. The van der Waals surface area contributed by atoms with Crippen molar-refractivity contribution in [2.24, 2.45) is 0 Å². The van der Waals surface area contributed by atoms with E-state index in [0.717, 1.165) is 21.7 Å². The number of aromatic nitrogens is 1. The number of nitrogens with one attached hydrogen (secondary N) is 1. The fourth-order valence-electron chi connectivity index (χ4n) is 2.45. The molecule has 0 aliphatic carbocycles. The molecular formula is C18H18N2O2S. The van der Waals surface area contributed by atoms with Gasteiger partial charge in [0, 0.05) is 5.69 Å². The van der Waals surface area contributed by atoms with Gasteiger partial charge in [-0.3, -0.25) is 4.79 Å². The van der Waals surface area contributed by atoms with Crippen LogP contribution in [0, 0.1) is 20.8 Å². The van der Waals surface area contributed by atoms with E-state index < -0.39 is 0 Å². The summed E-state index contributed by atoms with van der Waals surface area (Å²) in [6.45, 7) is 5.81. The predicted octanol–water partition coefficient (Wildman–Crippen LogP) is 4.51. The minimum atomic E-state index is -0.0865. The van der Waals surface area contributed by atoms with Crippen molar-refractivity contribution >= 4 is 22.9 Å². The second-order valence-corrected chi connectivity index (χ2v) is 6.44. The second-order valence-electron chi connectivity index (χ2n) is 5.49. The molecule has 0 atom stereocenters. The number of thiophene rings is 1. The Balaban J connectivity index is 1.76. The van der Waals surface area contributed by atoms with E-state index in [1.807, 2.05) is 56.5 Å². The number of aryl methyl sites for hydroxylation is 3. The third kappa shape index (κ3) is 3.35. The predicted molar refractivity (Wildman–Crippen MR) is 92.8 cm³/mol. The summed E-state index contributed by atoms with van der Waals surface area (Å²) in [7, 11) is 0. The summed E-state index contributed by atoms with van der Waals surface area (Å²) < 4.78 is 5.68. The maximum absolute atomic E-state index is 12.3. The molecule has 0 radical (unpaired) electrons. The van der Waals surface area contributed by atoms with Crippen LogP contribution in [0.3, 0.4) is 0 Å². The number of oxazole rings is 1. The number of carbonyl (C=O) groups is 1. The Bertz CT molecular complexity index is 815. The van der Waals surface area contributed by atoms with Gasteiger partial charge < -0.3 is 9.73 Å². The van der Waals surface area contributed by atoms with Crippen LogP contribution in [-0.4, -0.2) is 10.9 Å². The Morgan fingerprint density at radius 3 is 2.57 bits per heavy atom. The first-order chi connectivity index (χ1) is 11.0. The zero-order chi connectivity index (χ0) is 16.4. The van der Waals surface area contributed by atoms with Crippen LogP contribution >= 0.6 is 11.3 Å². The molecule has 1 amide bonds. The number of benzene rings is 1. The first-order valence-electron chi connectivity index (χ1n) is 7.41. The van der Waals surface area contributed by atoms with E-state index in [1.165, 1.54) is 0 Å². The molecule has 2 heterocycles. The van der Waals surface area contributed by atoms with E-state index in [1.54, 1.807) is 11.3 Å². The number of carbonyl (C=O) groups excluding carboxylic acids is 1. The van der Waals surface area contributed by atoms with Crippen molar-refractivity contribution in [2.45, 2.75) is 27.2 Å². The summed E-state index contributed by atoms with van der Waals surface area (Å²) in [4.78, 5) is 17.8. The summed E-state index contributed by atoms with van der Waals surface area (Å²) in [5, 5.41) is 4.95. The normalized spacial score (nSPS) is 10.7. The number of rotatable bonds is 4. The topological polar surface area (TPSA) is 55.1 Å². The molecule has 0 saturated heterocycles. The summed E-state index contributed by atoms with van der Waals surface area (Å²) in [5.74, 6) is 1.17. The summed E-state index contributed by atoms with van der Waals surface area (Å²) in [6.07, 6.45) is 0.203. The van der Waals surface area contributed by atoms with Gasteiger partial charge in [-0.25, -0.2) is 4.98 Å². The van der Waals surface area contributed by atoms with Crippen LogP contribution in [0.2, 0.25) is 0 Å². The quantitative estimate of drug-likeness (QED) is 0.767. The third-order valence-corrected chi connectivity index (χ3v) is 4.56. The highest BCUT2D eigenvalue weighted by atomic mass is 32.1. The van der Waals surface area contributed by atoms with E-state index in [2.05, 4.69) is 10.3 Å². The summed E-state index contributed by atoms with van der Waals surface area (Å²) >= 11 is 1.57. The fourth-order valence-corrected chi connectivity index (χ4v) is 3.09. The molecular weight excluding hydrogens is 308 g/mol. The SMILES string of the molecule is Cc1cccc(C)c1NC(=O)Cc1nc(-c2cccs2)oc1C. The lowest BCUT2D eigenvalue weighted by Gasteiger charge is -2.10. The minimum absolute atomic E-state index is 0.0865. The lowest BCUT2D eigenvalue weighted by atomic mass is 10.1. The monoisotopic (exact) mass is 326 g/mol. The van der Waals surface area contributed by atoms with Crippen molar-refractivity contribution in [2.75, 3.05) is 5.32 Å². The molecule has 0 aliphatic rings. The maximum atomic E-state index is 12.3. The highest BCUT2D eigenvalue weighted by molar-refractivity contribution is 7.13. The largest absolute Gasteiger partial charge is 0.440 e. The van der Waals surface area contributed by atoms with Gasteiger partial charge in [0.15, 0.2) is 0 Å². The molecule has 0 bridgehead atoms. The molecule has 3 rings (SSSR count). The summed E-state index contributed by atoms with van der Waals surface area (Å²) in [5.41, 5.74) is 3.65. The first-order valence-corrected chi connectivity index (χ1v) is 8.29. The standard InChI is InChI=1S/C18H18N2O2S/c1-11-6-4-7-12(2)17(11)20-16(21)10-14-13(3)22-18(19-14)15-8-5-9-23-15/h4-9H,10H2,1-3H3,(H,20,21). The van der Waals surface area contributed by atoms with E-state index in [-0.39, 0.29) is 12.3 Å². The van der Waals surface area contributed by atoms with Crippen LogP contribution in [0.25, 0.3) is 10.8 Å². The van der Waals surface area contributed by atoms with E-state index in [0.29, 0.717) is 17.3 Å². The van der Waals surface area contributed by atoms with Crippen LogP contribution in [0.4, 0.5) is 5.69 Å². The van der Waals surface area contributed by atoms with Crippen LogP contribution < -0.4 is 5.32 Å². The Kier molecular flexibility index (Phi) is 4.30. The fraction of sp³-hybridized carbons (Fsp3) is 0.222. The number of hydrogen-bond acceptors (Lipinski definition) is 4. The van der Waals surface area contributed by atoms with Crippen molar-refractivity contribution in [3.05, 3.63) is 58.3 Å². The third-order valence-electron chi connectivity index (χ3n) is 3.70. The molecule has 1 aromatic carbocycles. The number of para-hydroxylation sites is 1. The van der Waals surface area contributed by atoms with Crippen LogP contribution in [0.15, 0.2) is 40.1 Å². The van der Waals surface area contributed by atoms with Gasteiger partial charge in [0.25, 0.3) is 0 Å². The molecule has 0 fully saturated rings. The summed E-state index contributed by atoms with van der Waals surface area (Å²) in [6, 6.07) is 9.86. The minimum Gasteiger partial charge on any atom is -0.440 e. The molecule has 3 aromatic rings. The Morgan fingerprint density at radius 2 is 1.91 bits per heavy atom. The molecule has 4 nitrogen and oxygen atoms in total. The van der Waals surface area contributed by atoms with Gasteiger partial charge in [-0.1, -0.05) is 24.3 Å².